The molecule has 9 heteroatoms. The normalized spacial score (nSPS) is 11.9. The molecule has 0 spiro atoms. The Hall–Kier alpha value is -4.63. The Balaban J connectivity index is 1.03. The van der Waals surface area contributed by atoms with Crippen molar-refractivity contribution < 1.29 is 28.3 Å². The third kappa shape index (κ3) is 7.36. The van der Waals surface area contributed by atoms with Crippen molar-refractivity contribution in [3.8, 4) is 0 Å². The van der Waals surface area contributed by atoms with Crippen LogP contribution in [0, 0.1) is 0 Å². The van der Waals surface area contributed by atoms with Crippen molar-refractivity contribution in [2.45, 2.75) is 51.5 Å². The second kappa shape index (κ2) is 14.3. The van der Waals surface area contributed by atoms with Crippen molar-refractivity contribution in [1.82, 2.24) is 15.0 Å². The molecule has 0 aliphatic carbocycles. The molecule has 0 aliphatic heterocycles. The number of ether oxygens (including phenoxy) is 3. The average Bonchev–Trinajstić information content (AvgIpc) is 3.61. The number of carbonyl (C=O) groups is 2. The summed E-state index contributed by atoms with van der Waals surface area (Å²) in [6.07, 6.45) is 3.18. The summed E-state index contributed by atoms with van der Waals surface area (Å²) < 4.78 is 23.4. The summed E-state index contributed by atoms with van der Waals surface area (Å²) in [6, 6.07) is 27.2. The minimum Gasteiger partial charge on any atom is -0.467 e. The quantitative estimate of drug-likeness (QED) is 0.126. The van der Waals surface area contributed by atoms with Crippen LogP contribution in [0.1, 0.15) is 36.3 Å². The molecule has 0 aliphatic rings. The molecule has 0 bridgehead atoms. The third-order valence-electron chi connectivity index (χ3n) is 7.12. The van der Waals surface area contributed by atoms with Crippen molar-refractivity contribution >= 4 is 33.9 Å². The fourth-order valence-corrected chi connectivity index (χ4v) is 5.03. The number of para-hydroxylation sites is 2. The molecule has 0 unspecified atom stereocenters. The van der Waals surface area contributed by atoms with Gasteiger partial charge in [0.15, 0.2) is 11.8 Å². The molecule has 3 aromatic carbocycles. The van der Waals surface area contributed by atoms with Crippen molar-refractivity contribution in [1.29, 1.82) is 0 Å². The van der Waals surface area contributed by atoms with Crippen molar-refractivity contribution in [3.05, 3.63) is 102 Å². The van der Waals surface area contributed by atoms with Crippen LogP contribution in [-0.4, -0.2) is 41.5 Å². The monoisotopic (exact) mass is 569 g/mol. The molecule has 5 rings (SSSR count). The number of hydrogen-bond acceptors (Lipinski definition) is 7. The molecule has 2 aromatic heterocycles. The van der Waals surface area contributed by atoms with Gasteiger partial charge in [0, 0.05) is 34.4 Å². The summed E-state index contributed by atoms with van der Waals surface area (Å²) in [5.74, 6) is -0.0867. The summed E-state index contributed by atoms with van der Waals surface area (Å²) in [5, 5.41) is 9.23. The highest BCUT2D eigenvalue weighted by molar-refractivity contribution is 6.07. The predicted octanol–water partition coefficient (Wildman–Crippen LogP) is 6.18. The Kier molecular flexibility index (Phi) is 9.85. The van der Waals surface area contributed by atoms with Crippen LogP contribution in [0.4, 0.5) is 4.79 Å². The maximum absolute atomic E-state index is 12.2. The number of unbranched alkanes of at least 4 members (excludes halogenated alkanes) is 2. The van der Waals surface area contributed by atoms with Gasteiger partial charge in [0.1, 0.15) is 13.2 Å². The predicted molar refractivity (Wildman–Crippen MR) is 159 cm³/mol. The van der Waals surface area contributed by atoms with Crippen LogP contribution >= 0.6 is 0 Å². The molecule has 0 saturated heterocycles. The molecule has 0 fully saturated rings. The lowest BCUT2D eigenvalue weighted by atomic mass is 10.1. The first-order valence-electron chi connectivity index (χ1n) is 14.2. The van der Waals surface area contributed by atoms with E-state index in [4.69, 9.17) is 18.7 Å². The number of esters is 1. The van der Waals surface area contributed by atoms with Gasteiger partial charge in [0.2, 0.25) is 0 Å². The number of nitrogens with one attached hydrogen (secondary N) is 1. The van der Waals surface area contributed by atoms with Gasteiger partial charge in [0.05, 0.1) is 19.4 Å². The molecule has 0 radical (unpaired) electrons. The largest absolute Gasteiger partial charge is 0.467 e. The maximum Gasteiger partial charge on any atom is 0.408 e. The van der Waals surface area contributed by atoms with E-state index in [-0.39, 0.29) is 19.8 Å². The third-order valence-corrected chi connectivity index (χ3v) is 7.12. The number of alkyl carbamates (subject to hydrolysis) is 1. The number of aromatic nitrogens is 2. The lowest BCUT2D eigenvalue weighted by molar-refractivity contribution is -0.144. The number of fused-ring (bicyclic) bond motifs is 3. The molecule has 9 nitrogen and oxygen atoms in total. The first-order valence-corrected chi connectivity index (χ1v) is 14.2. The van der Waals surface area contributed by atoms with Gasteiger partial charge in [-0.2, -0.15) is 0 Å². The molecule has 1 amide bonds. The van der Waals surface area contributed by atoms with Gasteiger partial charge >= 0.3 is 12.1 Å². The lowest BCUT2D eigenvalue weighted by Crippen LogP contribution is -2.44. The number of methoxy groups -OCH3 is 1. The second-order valence-electron chi connectivity index (χ2n) is 10.1. The molecule has 5 aromatic rings. The van der Waals surface area contributed by atoms with Gasteiger partial charge in [-0.15, -0.1) is 0 Å². The van der Waals surface area contributed by atoms with Crippen LogP contribution in [0.5, 0.6) is 0 Å². The van der Waals surface area contributed by atoms with E-state index in [0.29, 0.717) is 5.76 Å². The number of nitrogens with zero attached hydrogens (tertiary/aromatic N) is 2. The van der Waals surface area contributed by atoms with Gasteiger partial charge in [-0.3, -0.25) is 0 Å². The van der Waals surface area contributed by atoms with Gasteiger partial charge < -0.3 is 28.6 Å². The molecular formula is C33H35N3O6. The Bertz CT molecular complexity index is 1560. The van der Waals surface area contributed by atoms with Crippen molar-refractivity contribution in [2.75, 3.05) is 13.7 Å². The molecule has 0 saturated carbocycles. The van der Waals surface area contributed by atoms with Gasteiger partial charge in [-0.1, -0.05) is 78.3 Å². The van der Waals surface area contributed by atoms with Crippen LogP contribution in [0.2, 0.25) is 0 Å². The first-order chi connectivity index (χ1) is 20.6. The van der Waals surface area contributed by atoms with Crippen molar-refractivity contribution in [2.24, 2.45) is 0 Å². The van der Waals surface area contributed by atoms with Gasteiger partial charge in [0.25, 0.3) is 0 Å². The average molecular weight is 570 g/mol. The molecule has 42 heavy (non-hydrogen) atoms. The van der Waals surface area contributed by atoms with Crippen molar-refractivity contribution in [3.63, 3.8) is 0 Å². The Morgan fingerprint density at radius 1 is 0.881 bits per heavy atom. The molecule has 218 valence electrons. The van der Waals surface area contributed by atoms with Gasteiger partial charge in [-0.05, 0) is 37.0 Å². The first kappa shape index (κ1) is 28.9. The summed E-state index contributed by atoms with van der Waals surface area (Å²) in [4.78, 5) is 24.3. The van der Waals surface area contributed by atoms with E-state index in [1.165, 1.54) is 28.9 Å². The maximum atomic E-state index is 12.2. The van der Waals surface area contributed by atoms with E-state index in [1.54, 1.807) is 0 Å². The van der Waals surface area contributed by atoms with Crippen LogP contribution in [0.25, 0.3) is 21.8 Å². The second-order valence-corrected chi connectivity index (χ2v) is 10.1. The van der Waals surface area contributed by atoms with E-state index >= 15 is 0 Å². The minimum absolute atomic E-state index is 0.0857. The van der Waals surface area contributed by atoms with Crippen LogP contribution in [0.3, 0.4) is 0 Å². The molecular weight excluding hydrogens is 534 g/mol. The summed E-state index contributed by atoms with van der Waals surface area (Å²) >= 11 is 0. The van der Waals surface area contributed by atoms with Crippen LogP contribution in [-0.2, 0) is 45.2 Å². The zero-order valence-electron chi connectivity index (χ0n) is 23.7. The lowest BCUT2D eigenvalue weighted by Gasteiger charge is -2.16. The van der Waals surface area contributed by atoms with E-state index in [2.05, 4.69) is 63.6 Å². The highest BCUT2D eigenvalue weighted by Gasteiger charge is 2.23. The zero-order valence-corrected chi connectivity index (χ0v) is 23.7. The Morgan fingerprint density at radius 2 is 1.57 bits per heavy atom. The smallest absolute Gasteiger partial charge is 0.408 e. The number of hydrogen-bond donors (Lipinski definition) is 1. The molecule has 2 heterocycles. The minimum atomic E-state index is -1.02. The molecule has 1 N–H and O–H groups in total. The fraction of sp³-hybridized carbons (Fsp3) is 0.303. The zero-order chi connectivity index (χ0) is 29.1. The summed E-state index contributed by atoms with van der Waals surface area (Å²) in [6.45, 7) is 1.05. The van der Waals surface area contributed by atoms with E-state index < -0.39 is 18.1 Å². The summed E-state index contributed by atoms with van der Waals surface area (Å²) in [5.41, 5.74) is 4.24. The number of carbonyl (C=O) groups excluding carboxylic acids is 2. The standard InChI is InChI=1S/C33H35N3O6/c1-39-32(37)29(34-33(38)41-21-24-12-4-2-5-13-24)23-40-22-26-20-25(35-42-26)14-6-3-11-19-36-30-17-9-7-15-27(30)28-16-8-10-18-31(28)36/h2,4-5,7-10,12-13,15-18,20,29H,3,6,11,14,19,21-23H2,1H3,(H,34,38)/t29-/m0/s1. The Morgan fingerprint density at radius 3 is 2.29 bits per heavy atom. The number of aryl methyl sites for hydroxylation is 2. The highest BCUT2D eigenvalue weighted by Crippen LogP contribution is 2.29. The topological polar surface area (TPSA) is 105 Å². The van der Waals surface area contributed by atoms with Gasteiger partial charge in [-0.25, -0.2) is 9.59 Å². The molecule has 1 atom stereocenters. The summed E-state index contributed by atoms with van der Waals surface area (Å²) in [7, 11) is 1.25. The van der Waals surface area contributed by atoms with E-state index in [9.17, 15) is 9.59 Å². The van der Waals surface area contributed by atoms with E-state index in [0.717, 1.165) is 43.5 Å². The number of rotatable bonds is 14. The highest BCUT2D eigenvalue weighted by atomic mass is 16.6. The fourth-order valence-electron chi connectivity index (χ4n) is 5.03. The van der Waals surface area contributed by atoms with E-state index in [1.807, 2.05) is 36.4 Å². The van der Waals surface area contributed by atoms with Crippen LogP contribution in [0.15, 0.2) is 89.5 Å². The Labute approximate surface area is 244 Å². The SMILES string of the molecule is COC(=O)[C@H](COCc1cc(CCCCCn2c3ccccc3c3ccccc32)no1)NC(=O)OCc1ccccc1. The van der Waals surface area contributed by atoms with Crippen LogP contribution < -0.4 is 5.32 Å². The number of amides is 1. The number of benzene rings is 3.